The zero-order valence-electron chi connectivity index (χ0n) is 11.4. The van der Waals surface area contributed by atoms with Gasteiger partial charge in [0.15, 0.2) is 0 Å². The molecule has 0 spiro atoms. The van der Waals surface area contributed by atoms with E-state index >= 15 is 0 Å². The zero-order chi connectivity index (χ0) is 14.9. The summed E-state index contributed by atoms with van der Waals surface area (Å²) >= 11 is 3.39. The fraction of sp³-hybridized carbons (Fsp3) is 0.0588. The summed E-state index contributed by atoms with van der Waals surface area (Å²) in [4.78, 5) is 11.7. The minimum atomic E-state index is -0.141. The topological polar surface area (TPSA) is 41.5 Å². The lowest BCUT2D eigenvalue weighted by atomic mass is 10.1. The molecule has 21 heavy (non-hydrogen) atoms. The van der Waals surface area contributed by atoms with E-state index in [1.54, 1.807) is 6.21 Å². The van der Waals surface area contributed by atoms with Crippen molar-refractivity contribution in [3.63, 3.8) is 0 Å². The molecule has 0 aliphatic rings. The highest BCUT2D eigenvalue weighted by molar-refractivity contribution is 9.12. The number of allylic oxidation sites excluding steroid dienone is 1. The summed E-state index contributed by atoms with van der Waals surface area (Å²) in [5, 5.41) is 3.92. The summed E-state index contributed by atoms with van der Waals surface area (Å²) in [5.41, 5.74) is 4.53. The Bertz CT molecular complexity index is 636. The lowest BCUT2D eigenvalue weighted by Crippen LogP contribution is -2.19. The summed E-state index contributed by atoms with van der Waals surface area (Å²) < 4.78 is 0.786. The van der Waals surface area contributed by atoms with Crippen LogP contribution in [0.2, 0.25) is 0 Å². The second-order valence-electron chi connectivity index (χ2n) is 4.40. The number of nitrogens with one attached hydrogen (secondary N) is 1. The normalized spacial score (nSPS) is 11.6. The molecule has 0 saturated carbocycles. The average Bonchev–Trinajstić information content (AvgIpc) is 2.49. The molecule has 106 valence electrons. The fourth-order valence-electron chi connectivity index (χ4n) is 1.73. The van der Waals surface area contributed by atoms with Gasteiger partial charge in [0.1, 0.15) is 0 Å². The third kappa shape index (κ3) is 5.75. The van der Waals surface area contributed by atoms with Crippen LogP contribution in [0.1, 0.15) is 11.1 Å². The van der Waals surface area contributed by atoms with Crippen LogP contribution in [0.3, 0.4) is 0 Å². The van der Waals surface area contributed by atoms with Crippen molar-refractivity contribution in [2.45, 2.75) is 6.42 Å². The largest absolute Gasteiger partial charge is 0.273 e. The molecule has 0 radical (unpaired) electrons. The van der Waals surface area contributed by atoms with Gasteiger partial charge in [0, 0.05) is 4.48 Å². The maximum absolute atomic E-state index is 11.7. The molecule has 0 aliphatic carbocycles. The van der Waals surface area contributed by atoms with E-state index in [-0.39, 0.29) is 5.91 Å². The van der Waals surface area contributed by atoms with Gasteiger partial charge in [-0.15, -0.1) is 0 Å². The smallest absolute Gasteiger partial charge is 0.244 e. The molecule has 0 heterocycles. The van der Waals surface area contributed by atoms with Crippen LogP contribution in [-0.2, 0) is 11.2 Å². The van der Waals surface area contributed by atoms with Gasteiger partial charge < -0.3 is 0 Å². The molecule has 1 amide bonds. The summed E-state index contributed by atoms with van der Waals surface area (Å²) in [6, 6.07) is 19.4. The molecule has 2 aromatic rings. The van der Waals surface area contributed by atoms with Crippen molar-refractivity contribution in [3.8, 4) is 0 Å². The minimum Gasteiger partial charge on any atom is -0.273 e. The van der Waals surface area contributed by atoms with Gasteiger partial charge >= 0.3 is 0 Å². The Morgan fingerprint density at radius 1 is 1.05 bits per heavy atom. The van der Waals surface area contributed by atoms with Gasteiger partial charge in [-0.1, -0.05) is 60.7 Å². The van der Waals surface area contributed by atoms with E-state index in [1.165, 1.54) is 0 Å². The number of hydrazone groups is 1. The van der Waals surface area contributed by atoms with Gasteiger partial charge in [-0.2, -0.15) is 5.10 Å². The Morgan fingerprint density at radius 2 is 1.67 bits per heavy atom. The molecular weight excluding hydrogens is 328 g/mol. The highest BCUT2D eigenvalue weighted by atomic mass is 79.9. The van der Waals surface area contributed by atoms with Gasteiger partial charge in [0.25, 0.3) is 0 Å². The molecule has 0 fully saturated rings. The van der Waals surface area contributed by atoms with Gasteiger partial charge in [-0.3, -0.25) is 4.79 Å². The average molecular weight is 343 g/mol. The Balaban J connectivity index is 1.84. The van der Waals surface area contributed by atoms with E-state index in [1.807, 2.05) is 66.7 Å². The number of halogens is 1. The standard InChI is InChI=1S/C17H15BrN2O/c18-16(11-14-7-3-1-4-8-14)13-19-20-17(21)12-15-9-5-2-6-10-15/h1-11,13H,12H2,(H,20,21)/b16-11-,19-13+. The van der Waals surface area contributed by atoms with E-state index in [2.05, 4.69) is 26.5 Å². The van der Waals surface area contributed by atoms with Crippen LogP contribution in [0.5, 0.6) is 0 Å². The summed E-state index contributed by atoms with van der Waals surface area (Å²) in [7, 11) is 0. The first-order valence-electron chi connectivity index (χ1n) is 6.52. The van der Waals surface area contributed by atoms with Crippen LogP contribution in [0.25, 0.3) is 6.08 Å². The molecular formula is C17H15BrN2O. The first-order chi connectivity index (χ1) is 10.2. The van der Waals surface area contributed by atoms with Crippen LogP contribution >= 0.6 is 15.9 Å². The Kier molecular flexibility index (Phi) is 5.91. The minimum absolute atomic E-state index is 0.141. The number of rotatable bonds is 5. The lowest BCUT2D eigenvalue weighted by Gasteiger charge is -1.99. The molecule has 2 rings (SSSR count). The van der Waals surface area contributed by atoms with Crippen molar-refractivity contribution >= 4 is 34.1 Å². The molecule has 0 unspecified atom stereocenters. The van der Waals surface area contributed by atoms with Crippen LogP contribution < -0.4 is 5.43 Å². The van der Waals surface area contributed by atoms with Gasteiger partial charge in [0.05, 0.1) is 12.6 Å². The predicted octanol–water partition coefficient (Wildman–Crippen LogP) is 3.77. The number of hydrogen-bond acceptors (Lipinski definition) is 2. The van der Waals surface area contributed by atoms with Crippen LogP contribution in [-0.4, -0.2) is 12.1 Å². The monoisotopic (exact) mass is 342 g/mol. The molecule has 0 saturated heterocycles. The second-order valence-corrected chi connectivity index (χ2v) is 5.31. The van der Waals surface area contributed by atoms with Crippen molar-refractivity contribution in [3.05, 3.63) is 76.3 Å². The van der Waals surface area contributed by atoms with Crippen molar-refractivity contribution < 1.29 is 4.79 Å². The quantitative estimate of drug-likeness (QED) is 0.652. The maximum atomic E-state index is 11.7. The van der Waals surface area contributed by atoms with E-state index in [0.717, 1.165) is 15.6 Å². The van der Waals surface area contributed by atoms with Gasteiger partial charge in [0.2, 0.25) is 5.91 Å². The number of nitrogens with zero attached hydrogens (tertiary/aromatic N) is 1. The molecule has 0 aliphatic heterocycles. The van der Waals surface area contributed by atoms with E-state index in [9.17, 15) is 4.79 Å². The second kappa shape index (κ2) is 8.17. The van der Waals surface area contributed by atoms with Crippen molar-refractivity contribution in [1.82, 2.24) is 5.43 Å². The Morgan fingerprint density at radius 3 is 2.33 bits per heavy atom. The lowest BCUT2D eigenvalue weighted by molar-refractivity contribution is -0.120. The Hall–Kier alpha value is -2.20. The maximum Gasteiger partial charge on any atom is 0.244 e. The summed E-state index contributed by atoms with van der Waals surface area (Å²) in [5.74, 6) is -0.141. The molecule has 4 heteroatoms. The number of amides is 1. The van der Waals surface area contributed by atoms with Crippen LogP contribution in [0, 0.1) is 0 Å². The van der Waals surface area contributed by atoms with Crippen LogP contribution in [0.4, 0.5) is 0 Å². The Labute approximate surface area is 132 Å². The molecule has 0 atom stereocenters. The molecule has 3 nitrogen and oxygen atoms in total. The van der Waals surface area contributed by atoms with Crippen LogP contribution in [0.15, 0.2) is 70.2 Å². The summed E-state index contributed by atoms with van der Waals surface area (Å²) in [6.45, 7) is 0. The molecule has 0 aromatic heterocycles. The first kappa shape index (κ1) is 15.2. The predicted molar refractivity (Wildman–Crippen MR) is 90.1 cm³/mol. The number of carbonyl (C=O) groups is 1. The number of benzene rings is 2. The van der Waals surface area contributed by atoms with Crippen molar-refractivity contribution in [2.75, 3.05) is 0 Å². The molecule has 1 N–H and O–H groups in total. The third-order valence-electron chi connectivity index (χ3n) is 2.69. The SMILES string of the molecule is O=C(Cc1ccccc1)N/N=C/C(Br)=C/c1ccccc1. The van der Waals surface area contributed by atoms with E-state index < -0.39 is 0 Å². The van der Waals surface area contributed by atoms with E-state index in [4.69, 9.17) is 0 Å². The van der Waals surface area contributed by atoms with Crippen molar-refractivity contribution in [2.24, 2.45) is 5.10 Å². The zero-order valence-corrected chi connectivity index (χ0v) is 13.0. The molecule has 0 bridgehead atoms. The highest BCUT2D eigenvalue weighted by Gasteiger charge is 2.00. The molecule has 2 aromatic carbocycles. The third-order valence-corrected chi connectivity index (χ3v) is 3.12. The summed E-state index contributed by atoms with van der Waals surface area (Å²) in [6.07, 6.45) is 3.81. The number of carbonyl (C=O) groups excluding carboxylic acids is 1. The van der Waals surface area contributed by atoms with Gasteiger partial charge in [-0.05, 0) is 33.1 Å². The highest BCUT2D eigenvalue weighted by Crippen LogP contribution is 2.09. The van der Waals surface area contributed by atoms with Crippen molar-refractivity contribution in [1.29, 1.82) is 0 Å². The number of hydrogen-bond donors (Lipinski definition) is 1. The first-order valence-corrected chi connectivity index (χ1v) is 7.31. The van der Waals surface area contributed by atoms with E-state index in [0.29, 0.717) is 6.42 Å². The van der Waals surface area contributed by atoms with Gasteiger partial charge in [-0.25, -0.2) is 5.43 Å². The fourth-order valence-corrected chi connectivity index (χ4v) is 2.10.